The molecule has 0 saturated heterocycles. The van der Waals surface area contributed by atoms with Gasteiger partial charge in [0.2, 0.25) is 0 Å². The number of hydrogen-bond donors (Lipinski definition) is 2. The molecule has 4 nitrogen and oxygen atoms in total. The minimum Gasteiger partial charge on any atom is -0.348 e. The second-order valence-corrected chi connectivity index (χ2v) is 7.77. The number of aryl methyl sites for hydroxylation is 1. The lowest BCUT2D eigenvalue weighted by atomic mass is 10.1. The third-order valence-corrected chi connectivity index (χ3v) is 5.63. The maximum absolute atomic E-state index is 12.6. The van der Waals surface area contributed by atoms with Gasteiger partial charge in [-0.05, 0) is 25.5 Å². The zero-order chi connectivity index (χ0) is 17.4. The van der Waals surface area contributed by atoms with E-state index in [0.29, 0.717) is 12.1 Å². The van der Waals surface area contributed by atoms with Gasteiger partial charge in [-0.3, -0.25) is 4.79 Å². The van der Waals surface area contributed by atoms with Gasteiger partial charge in [0.15, 0.2) is 0 Å². The Bertz CT molecular complexity index is 667. The maximum Gasteiger partial charge on any atom is 0.252 e. The number of nitrogens with one attached hydrogen (secondary N) is 1. The smallest absolute Gasteiger partial charge is 0.252 e. The van der Waals surface area contributed by atoms with Gasteiger partial charge in [-0.2, -0.15) is 0 Å². The fraction of sp³-hybridized carbons (Fsp3) is 0.444. The van der Waals surface area contributed by atoms with Gasteiger partial charge in [0.1, 0.15) is 0 Å². The molecule has 0 saturated carbocycles. The van der Waals surface area contributed by atoms with Gasteiger partial charge in [0, 0.05) is 28.6 Å². The summed E-state index contributed by atoms with van der Waals surface area (Å²) in [4.78, 5) is 18.1. The number of unbranched alkanes of at least 4 members (excludes halogenated alkanes) is 1. The van der Waals surface area contributed by atoms with Crippen LogP contribution in [-0.2, 0) is 5.75 Å². The molecule has 0 aliphatic carbocycles. The van der Waals surface area contributed by atoms with Crippen LogP contribution < -0.4 is 11.1 Å². The lowest BCUT2D eigenvalue weighted by molar-refractivity contribution is 0.0933. The molecule has 1 unspecified atom stereocenters. The van der Waals surface area contributed by atoms with Gasteiger partial charge in [0.25, 0.3) is 5.91 Å². The highest BCUT2D eigenvalue weighted by molar-refractivity contribution is 7.98. The van der Waals surface area contributed by atoms with Gasteiger partial charge < -0.3 is 11.1 Å². The van der Waals surface area contributed by atoms with Crippen LogP contribution in [0.3, 0.4) is 0 Å². The lowest BCUT2D eigenvalue weighted by Crippen LogP contribution is -2.40. The Morgan fingerprint density at radius 3 is 2.69 bits per heavy atom. The standard InChI is InChI=1S/C18H25N3OS2.2ClH/c1-3-4-7-14(10-19)21-18(22)16-8-5-6-9-17(16)24-12-15-11-23-13(2)20-15;;/h5-6,8-9,11,14H,3-4,7,10,12,19H2,1-2H3,(H,21,22);2*1H. The maximum atomic E-state index is 12.6. The van der Waals surface area contributed by atoms with Gasteiger partial charge in [-0.15, -0.1) is 47.9 Å². The fourth-order valence-electron chi connectivity index (χ4n) is 2.37. The fourth-order valence-corrected chi connectivity index (χ4v) is 4.03. The van der Waals surface area contributed by atoms with Gasteiger partial charge in [-0.25, -0.2) is 4.98 Å². The molecule has 26 heavy (non-hydrogen) atoms. The number of carbonyl (C=O) groups excluding carboxylic acids is 1. The highest BCUT2D eigenvalue weighted by atomic mass is 35.5. The van der Waals surface area contributed by atoms with E-state index in [0.717, 1.165) is 40.6 Å². The molecular weight excluding hydrogens is 409 g/mol. The predicted molar refractivity (Wildman–Crippen MR) is 117 cm³/mol. The number of carbonyl (C=O) groups is 1. The van der Waals surface area contributed by atoms with Crippen molar-refractivity contribution in [1.82, 2.24) is 10.3 Å². The van der Waals surface area contributed by atoms with Gasteiger partial charge >= 0.3 is 0 Å². The minimum absolute atomic E-state index is 0. The number of nitrogens with two attached hydrogens (primary N) is 1. The van der Waals surface area contributed by atoms with Crippen LogP contribution in [0, 0.1) is 6.92 Å². The molecule has 0 aliphatic rings. The van der Waals surface area contributed by atoms with E-state index in [9.17, 15) is 4.79 Å². The molecule has 2 aromatic rings. The number of halogens is 2. The van der Waals surface area contributed by atoms with Crippen molar-refractivity contribution in [2.24, 2.45) is 5.73 Å². The third-order valence-electron chi connectivity index (χ3n) is 3.70. The topological polar surface area (TPSA) is 68.0 Å². The van der Waals surface area contributed by atoms with Crippen molar-refractivity contribution in [3.63, 3.8) is 0 Å². The van der Waals surface area contributed by atoms with Crippen molar-refractivity contribution in [3.8, 4) is 0 Å². The Morgan fingerprint density at radius 2 is 2.08 bits per heavy atom. The molecule has 1 aromatic carbocycles. The first-order chi connectivity index (χ1) is 11.6. The Hall–Kier alpha value is -0.790. The summed E-state index contributed by atoms with van der Waals surface area (Å²) in [7, 11) is 0. The van der Waals surface area contributed by atoms with Crippen LogP contribution in [0.5, 0.6) is 0 Å². The average molecular weight is 436 g/mol. The minimum atomic E-state index is -0.0425. The lowest BCUT2D eigenvalue weighted by Gasteiger charge is -2.17. The van der Waals surface area contributed by atoms with Crippen molar-refractivity contribution < 1.29 is 4.79 Å². The number of rotatable bonds is 9. The first-order valence-corrected chi connectivity index (χ1v) is 10.1. The Morgan fingerprint density at radius 1 is 1.35 bits per heavy atom. The second-order valence-electron chi connectivity index (χ2n) is 5.69. The van der Waals surface area contributed by atoms with E-state index in [1.54, 1.807) is 23.1 Å². The van der Waals surface area contributed by atoms with Crippen molar-refractivity contribution in [2.45, 2.75) is 49.8 Å². The van der Waals surface area contributed by atoms with Crippen LogP contribution in [-0.4, -0.2) is 23.5 Å². The summed E-state index contributed by atoms with van der Waals surface area (Å²) in [6.07, 6.45) is 3.10. The SMILES string of the molecule is CCCCC(CN)NC(=O)c1ccccc1SCc1csc(C)n1.Cl.Cl. The van der Waals surface area contributed by atoms with Crippen LogP contribution in [0.1, 0.15) is 47.2 Å². The molecule has 1 amide bonds. The molecule has 8 heteroatoms. The van der Waals surface area contributed by atoms with Crippen LogP contribution in [0.25, 0.3) is 0 Å². The van der Waals surface area contributed by atoms with Gasteiger partial charge in [-0.1, -0.05) is 31.9 Å². The van der Waals surface area contributed by atoms with E-state index in [1.165, 1.54) is 0 Å². The Balaban J connectivity index is 0.00000312. The second kappa shape index (κ2) is 13.4. The summed E-state index contributed by atoms with van der Waals surface area (Å²) in [5.41, 5.74) is 7.56. The number of benzene rings is 1. The van der Waals surface area contributed by atoms with Crippen molar-refractivity contribution in [1.29, 1.82) is 0 Å². The Labute approximate surface area is 176 Å². The molecule has 1 heterocycles. The van der Waals surface area contributed by atoms with E-state index in [4.69, 9.17) is 5.73 Å². The molecule has 1 aromatic heterocycles. The summed E-state index contributed by atoms with van der Waals surface area (Å²) < 4.78 is 0. The van der Waals surface area contributed by atoms with Crippen LogP contribution in [0.4, 0.5) is 0 Å². The molecule has 1 atom stereocenters. The molecule has 3 N–H and O–H groups in total. The summed E-state index contributed by atoms with van der Waals surface area (Å²) in [6, 6.07) is 7.76. The van der Waals surface area contributed by atoms with E-state index >= 15 is 0 Å². The highest BCUT2D eigenvalue weighted by Crippen LogP contribution is 2.27. The predicted octanol–water partition coefficient (Wildman–Crippen LogP) is 4.83. The first-order valence-electron chi connectivity index (χ1n) is 8.27. The molecule has 0 radical (unpaired) electrons. The van der Waals surface area contributed by atoms with Crippen molar-refractivity contribution in [2.75, 3.05) is 6.54 Å². The molecule has 2 rings (SSSR count). The molecular formula is C18H27Cl2N3OS2. The Kier molecular flexibility index (Phi) is 13.0. The summed E-state index contributed by atoms with van der Waals surface area (Å²) in [5.74, 6) is 0.726. The third kappa shape index (κ3) is 7.84. The number of thiazole rings is 1. The summed E-state index contributed by atoms with van der Waals surface area (Å²) in [6.45, 7) is 4.62. The van der Waals surface area contributed by atoms with E-state index in [1.807, 2.05) is 31.2 Å². The normalized spacial score (nSPS) is 11.2. The number of amides is 1. The van der Waals surface area contributed by atoms with Crippen molar-refractivity contribution in [3.05, 3.63) is 45.9 Å². The zero-order valence-corrected chi connectivity index (χ0v) is 18.3. The van der Waals surface area contributed by atoms with E-state index < -0.39 is 0 Å². The first kappa shape index (κ1) is 25.2. The molecule has 0 bridgehead atoms. The van der Waals surface area contributed by atoms with Crippen LogP contribution >= 0.6 is 47.9 Å². The number of nitrogens with zero attached hydrogens (tertiary/aromatic N) is 1. The number of hydrogen-bond acceptors (Lipinski definition) is 5. The number of aromatic nitrogens is 1. The van der Waals surface area contributed by atoms with Crippen LogP contribution in [0.15, 0.2) is 34.5 Å². The molecule has 0 aliphatic heterocycles. The molecule has 146 valence electrons. The van der Waals surface area contributed by atoms with Crippen LogP contribution in [0.2, 0.25) is 0 Å². The van der Waals surface area contributed by atoms with Crippen molar-refractivity contribution >= 4 is 53.8 Å². The van der Waals surface area contributed by atoms with E-state index in [2.05, 4.69) is 22.6 Å². The molecule has 0 spiro atoms. The van der Waals surface area contributed by atoms with E-state index in [-0.39, 0.29) is 36.8 Å². The zero-order valence-electron chi connectivity index (χ0n) is 15.1. The monoisotopic (exact) mass is 435 g/mol. The average Bonchev–Trinajstić information content (AvgIpc) is 3.02. The summed E-state index contributed by atoms with van der Waals surface area (Å²) in [5, 5.41) is 6.21. The van der Waals surface area contributed by atoms with Gasteiger partial charge in [0.05, 0.1) is 16.3 Å². The largest absolute Gasteiger partial charge is 0.348 e. The summed E-state index contributed by atoms with van der Waals surface area (Å²) >= 11 is 3.30. The highest BCUT2D eigenvalue weighted by Gasteiger charge is 2.15. The molecule has 0 fully saturated rings. The quantitative estimate of drug-likeness (QED) is 0.553. The number of thioether (sulfide) groups is 1.